The highest BCUT2D eigenvalue weighted by atomic mass is 19.1. The number of imidazole rings is 1. The number of nitrogens with one attached hydrogen (secondary N) is 1. The molecule has 5 heteroatoms. The van der Waals surface area contributed by atoms with Gasteiger partial charge in [-0.25, -0.2) is 9.37 Å². The second-order valence-electron chi connectivity index (χ2n) is 6.71. The molecule has 1 heterocycles. The van der Waals surface area contributed by atoms with E-state index in [4.69, 9.17) is 14.5 Å². The topological polar surface area (TPSA) is 47.1 Å². The molecule has 0 radical (unpaired) electrons. The molecule has 0 aliphatic heterocycles. The van der Waals surface area contributed by atoms with Gasteiger partial charge in [0.25, 0.3) is 0 Å². The summed E-state index contributed by atoms with van der Waals surface area (Å²) in [6.07, 6.45) is 0. The zero-order chi connectivity index (χ0) is 20.2. The Labute approximate surface area is 169 Å². The normalized spacial score (nSPS) is 10.7. The Hall–Kier alpha value is -3.60. The molecular formula is C24H21FN2O2. The third-order valence-electron chi connectivity index (χ3n) is 4.68. The average Bonchev–Trinajstić information content (AvgIpc) is 3.15. The minimum Gasteiger partial charge on any atom is -0.493 e. The van der Waals surface area contributed by atoms with Crippen molar-refractivity contribution in [2.45, 2.75) is 13.5 Å². The molecule has 29 heavy (non-hydrogen) atoms. The summed E-state index contributed by atoms with van der Waals surface area (Å²) in [5.74, 6) is 1.74. The first-order valence-corrected chi connectivity index (χ1v) is 9.32. The fraction of sp³-hybridized carbons (Fsp3) is 0.125. The van der Waals surface area contributed by atoms with Crippen LogP contribution in [-0.2, 0) is 6.61 Å². The van der Waals surface area contributed by atoms with E-state index in [0.29, 0.717) is 23.9 Å². The summed E-state index contributed by atoms with van der Waals surface area (Å²) in [5.41, 5.74) is 4.57. The van der Waals surface area contributed by atoms with Gasteiger partial charge in [-0.15, -0.1) is 0 Å². The maximum Gasteiger partial charge on any atom is 0.161 e. The summed E-state index contributed by atoms with van der Waals surface area (Å²) in [7, 11) is 1.62. The monoisotopic (exact) mass is 388 g/mol. The summed E-state index contributed by atoms with van der Waals surface area (Å²) >= 11 is 0. The summed E-state index contributed by atoms with van der Waals surface area (Å²) in [6.45, 7) is 2.42. The van der Waals surface area contributed by atoms with Crippen molar-refractivity contribution in [1.29, 1.82) is 0 Å². The third-order valence-corrected chi connectivity index (χ3v) is 4.68. The minimum absolute atomic E-state index is 0.270. The molecule has 0 unspecified atom stereocenters. The largest absolute Gasteiger partial charge is 0.493 e. The number of hydrogen-bond donors (Lipinski definition) is 1. The van der Waals surface area contributed by atoms with Crippen LogP contribution >= 0.6 is 0 Å². The van der Waals surface area contributed by atoms with Gasteiger partial charge in [-0.2, -0.15) is 0 Å². The van der Waals surface area contributed by atoms with Crippen molar-refractivity contribution in [3.8, 4) is 34.1 Å². The molecule has 0 aliphatic rings. The lowest BCUT2D eigenvalue weighted by atomic mass is 10.1. The second-order valence-corrected chi connectivity index (χ2v) is 6.71. The van der Waals surface area contributed by atoms with Crippen molar-refractivity contribution < 1.29 is 13.9 Å². The minimum atomic E-state index is -0.270. The molecule has 1 aromatic heterocycles. The van der Waals surface area contributed by atoms with E-state index in [9.17, 15) is 4.39 Å². The van der Waals surface area contributed by atoms with Crippen molar-refractivity contribution >= 4 is 0 Å². The van der Waals surface area contributed by atoms with E-state index in [1.165, 1.54) is 12.1 Å². The van der Waals surface area contributed by atoms with Gasteiger partial charge in [0.1, 0.15) is 18.2 Å². The van der Waals surface area contributed by atoms with Crippen molar-refractivity contribution in [3.05, 3.63) is 89.9 Å². The van der Waals surface area contributed by atoms with Crippen molar-refractivity contribution in [2.24, 2.45) is 0 Å². The van der Waals surface area contributed by atoms with Gasteiger partial charge in [-0.05, 0) is 55.0 Å². The highest BCUT2D eigenvalue weighted by Crippen LogP contribution is 2.34. The summed E-state index contributed by atoms with van der Waals surface area (Å²) in [6, 6.07) is 22.0. The number of aromatic amines is 1. The van der Waals surface area contributed by atoms with Gasteiger partial charge in [-0.1, -0.05) is 30.3 Å². The lowest BCUT2D eigenvalue weighted by molar-refractivity contribution is 0.284. The van der Waals surface area contributed by atoms with Crippen LogP contribution in [-0.4, -0.2) is 17.1 Å². The Morgan fingerprint density at radius 1 is 0.897 bits per heavy atom. The number of H-pyrrole nitrogens is 1. The molecule has 0 saturated heterocycles. The predicted molar refractivity (Wildman–Crippen MR) is 111 cm³/mol. The number of nitrogens with zero attached hydrogens (tertiary/aromatic N) is 1. The summed E-state index contributed by atoms with van der Waals surface area (Å²) in [5, 5.41) is 0. The maximum absolute atomic E-state index is 13.2. The van der Waals surface area contributed by atoms with Gasteiger partial charge in [0.15, 0.2) is 11.5 Å². The van der Waals surface area contributed by atoms with Crippen molar-refractivity contribution in [2.75, 3.05) is 7.11 Å². The van der Waals surface area contributed by atoms with E-state index >= 15 is 0 Å². The number of aromatic nitrogens is 2. The molecule has 3 aromatic carbocycles. The van der Waals surface area contributed by atoms with Crippen LogP contribution in [0.1, 0.15) is 11.3 Å². The predicted octanol–water partition coefficient (Wildman–Crippen LogP) is 5.78. The van der Waals surface area contributed by atoms with Gasteiger partial charge in [-0.3, -0.25) is 0 Å². The first-order chi connectivity index (χ1) is 14.1. The van der Waals surface area contributed by atoms with Crippen LogP contribution in [0.15, 0.2) is 72.8 Å². The molecule has 0 saturated carbocycles. The molecule has 4 nitrogen and oxygen atoms in total. The van der Waals surface area contributed by atoms with Crippen LogP contribution in [0.25, 0.3) is 22.6 Å². The molecule has 4 aromatic rings. The molecule has 146 valence electrons. The standard InChI is InChI=1S/C24H21FN2O2/c1-16-23(27-24(26-16)18-8-11-20(25)12-9-18)19-10-13-21(22(14-19)28-2)29-15-17-6-4-3-5-7-17/h3-14H,15H2,1-2H3,(H,26,27). The van der Waals surface area contributed by atoms with Crippen LogP contribution < -0.4 is 9.47 Å². The summed E-state index contributed by atoms with van der Waals surface area (Å²) in [4.78, 5) is 7.98. The smallest absolute Gasteiger partial charge is 0.161 e. The zero-order valence-electron chi connectivity index (χ0n) is 16.3. The first kappa shape index (κ1) is 18.7. The number of rotatable bonds is 6. The Kier molecular flexibility index (Phi) is 5.29. The van der Waals surface area contributed by atoms with Crippen molar-refractivity contribution in [1.82, 2.24) is 9.97 Å². The number of aryl methyl sites for hydroxylation is 1. The van der Waals surface area contributed by atoms with Gasteiger partial charge in [0.2, 0.25) is 0 Å². The van der Waals surface area contributed by atoms with E-state index in [1.807, 2.05) is 55.5 Å². The number of hydrogen-bond acceptors (Lipinski definition) is 3. The molecule has 0 spiro atoms. The van der Waals surface area contributed by atoms with Crippen molar-refractivity contribution in [3.63, 3.8) is 0 Å². The highest BCUT2D eigenvalue weighted by molar-refractivity contribution is 5.69. The second kappa shape index (κ2) is 8.19. The molecule has 0 aliphatic carbocycles. The van der Waals surface area contributed by atoms with Crippen LogP contribution in [0.4, 0.5) is 4.39 Å². The van der Waals surface area contributed by atoms with Gasteiger partial charge >= 0.3 is 0 Å². The number of benzene rings is 3. The fourth-order valence-corrected chi connectivity index (χ4v) is 3.16. The van der Waals surface area contributed by atoms with Crippen LogP contribution in [0.5, 0.6) is 11.5 Å². The SMILES string of the molecule is COc1cc(-c2nc(-c3ccc(F)cc3)[nH]c2C)ccc1OCc1ccccc1. The average molecular weight is 388 g/mol. The number of halogens is 1. The lowest BCUT2D eigenvalue weighted by Gasteiger charge is -2.12. The highest BCUT2D eigenvalue weighted by Gasteiger charge is 2.14. The molecule has 0 fully saturated rings. The lowest BCUT2D eigenvalue weighted by Crippen LogP contribution is -1.98. The first-order valence-electron chi connectivity index (χ1n) is 9.32. The molecule has 0 atom stereocenters. The Morgan fingerprint density at radius 2 is 1.62 bits per heavy atom. The summed E-state index contributed by atoms with van der Waals surface area (Å²) < 4.78 is 24.7. The maximum atomic E-state index is 13.2. The Morgan fingerprint density at radius 3 is 2.34 bits per heavy atom. The van der Waals surface area contributed by atoms with E-state index in [-0.39, 0.29) is 5.82 Å². The van der Waals surface area contributed by atoms with Gasteiger partial charge < -0.3 is 14.5 Å². The van der Waals surface area contributed by atoms with Crippen LogP contribution in [0.3, 0.4) is 0 Å². The van der Waals surface area contributed by atoms with E-state index in [1.54, 1.807) is 19.2 Å². The van der Waals surface area contributed by atoms with Crippen LogP contribution in [0, 0.1) is 12.7 Å². The van der Waals surface area contributed by atoms with Crippen LogP contribution in [0.2, 0.25) is 0 Å². The van der Waals surface area contributed by atoms with E-state index in [2.05, 4.69) is 4.98 Å². The Bertz CT molecular complexity index is 1110. The molecule has 0 bridgehead atoms. The van der Waals surface area contributed by atoms with Gasteiger partial charge in [0, 0.05) is 16.8 Å². The van der Waals surface area contributed by atoms with E-state index in [0.717, 1.165) is 28.1 Å². The fourth-order valence-electron chi connectivity index (χ4n) is 3.16. The molecule has 0 amide bonds. The zero-order valence-corrected chi connectivity index (χ0v) is 16.3. The Balaban J connectivity index is 1.60. The van der Waals surface area contributed by atoms with E-state index < -0.39 is 0 Å². The number of ether oxygens (including phenoxy) is 2. The quantitative estimate of drug-likeness (QED) is 0.455. The molecular weight excluding hydrogens is 367 g/mol. The van der Waals surface area contributed by atoms with Gasteiger partial charge in [0.05, 0.1) is 12.8 Å². The third kappa shape index (κ3) is 4.14. The number of methoxy groups -OCH3 is 1. The molecule has 4 rings (SSSR count). The molecule has 1 N–H and O–H groups in total.